The fourth-order valence-electron chi connectivity index (χ4n) is 1.06. The summed E-state index contributed by atoms with van der Waals surface area (Å²) < 4.78 is 6.64. The average molecular weight is 164 g/mol. The van der Waals surface area contributed by atoms with Gasteiger partial charge in [0.05, 0.1) is 7.11 Å². The summed E-state index contributed by atoms with van der Waals surface area (Å²) in [6.07, 6.45) is 1.77. The molecule has 0 fully saturated rings. The molecule has 0 spiro atoms. The Kier molecular flexibility index (Phi) is 1.36. The zero-order valence-electron chi connectivity index (χ0n) is 6.56. The van der Waals surface area contributed by atoms with Crippen molar-refractivity contribution < 1.29 is 4.74 Å². The van der Waals surface area contributed by atoms with Crippen molar-refractivity contribution in [3.8, 4) is 5.75 Å². The molecule has 0 bridgehead atoms. The molecule has 0 aliphatic heterocycles. The highest BCUT2D eigenvalue weighted by Gasteiger charge is 2.04. The van der Waals surface area contributed by atoms with Crippen molar-refractivity contribution in [3.63, 3.8) is 0 Å². The van der Waals surface area contributed by atoms with Crippen molar-refractivity contribution in [2.24, 2.45) is 0 Å². The third kappa shape index (κ3) is 0.868. The van der Waals surface area contributed by atoms with E-state index >= 15 is 0 Å². The standard InChI is InChI=1S/C7H8N4O/c1-12-5-3-2-4-11-6(5)9-7(8)10-11/h2-4H,1H3,(H2,8,10). The zero-order valence-corrected chi connectivity index (χ0v) is 6.56. The van der Waals surface area contributed by atoms with Gasteiger partial charge in [0, 0.05) is 6.20 Å². The molecule has 5 nitrogen and oxygen atoms in total. The topological polar surface area (TPSA) is 65.4 Å². The largest absolute Gasteiger partial charge is 0.493 e. The zero-order chi connectivity index (χ0) is 8.55. The van der Waals surface area contributed by atoms with Crippen LogP contribution in [-0.4, -0.2) is 21.7 Å². The molecule has 0 atom stereocenters. The summed E-state index contributed by atoms with van der Waals surface area (Å²) in [7, 11) is 1.58. The minimum absolute atomic E-state index is 0.250. The normalized spacial score (nSPS) is 10.4. The first-order chi connectivity index (χ1) is 5.81. The summed E-state index contributed by atoms with van der Waals surface area (Å²) in [6, 6.07) is 3.63. The van der Waals surface area contributed by atoms with E-state index in [9.17, 15) is 0 Å². The molecule has 0 saturated heterocycles. The van der Waals surface area contributed by atoms with Gasteiger partial charge >= 0.3 is 0 Å². The van der Waals surface area contributed by atoms with Gasteiger partial charge in [-0.25, -0.2) is 4.52 Å². The summed E-state index contributed by atoms with van der Waals surface area (Å²) in [5.41, 5.74) is 6.05. The van der Waals surface area contributed by atoms with Gasteiger partial charge in [0.15, 0.2) is 11.4 Å². The van der Waals surface area contributed by atoms with Gasteiger partial charge in [-0.3, -0.25) is 0 Å². The van der Waals surface area contributed by atoms with E-state index in [-0.39, 0.29) is 5.95 Å². The van der Waals surface area contributed by atoms with Gasteiger partial charge in [-0.1, -0.05) is 0 Å². The maximum absolute atomic E-state index is 5.42. The van der Waals surface area contributed by atoms with Gasteiger partial charge in [0.1, 0.15) is 0 Å². The Morgan fingerprint density at radius 1 is 1.58 bits per heavy atom. The second kappa shape index (κ2) is 2.37. The molecule has 2 aromatic rings. The third-order valence-corrected chi connectivity index (χ3v) is 1.56. The minimum atomic E-state index is 0.250. The lowest BCUT2D eigenvalue weighted by atomic mass is 10.4. The SMILES string of the molecule is COc1cccn2nc(N)nc12. The number of hydrogen-bond donors (Lipinski definition) is 1. The number of aromatic nitrogens is 3. The molecule has 2 aromatic heterocycles. The Labute approximate surface area is 68.8 Å². The number of fused-ring (bicyclic) bond motifs is 1. The number of anilines is 1. The summed E-state index contributed by atoms with van der Waals surface area (Å²) in [4.78, 5) is 3.99. The summed E-state index contributed by atoms with van der Waals surface area (Å²) >= 11 is 0. The molecule has 62 valence electrons. The van der Waals surface area contributed by atoms with Crippen LogP contribution in [0.1, 0.15) is 0 Å². The van der Waals surface area contributed by atoms with Gasteiger partial charge in [0.2, 0.25) is 5.95 Å². The second-order valence-electron chi connectivity index (χ2n) is 2.31. The van der Waals surface area contributed by atoms with Gasteiger partial charge in [-0.2, -0.15) is 4.98 Å². The Bertz CT molecular complexity index is 409. The fourth-order valence-corrected chi connectivity index (χ4v) is 1.06. The fraction of sp³-hybridized carbons (Fsp3) is 0.143. The molecule has 0 saturated carbocycles. The predicted octanol–water partition coefficient (Wildman–Crippen LogP) is 0.320. The molecular formula is C7H8N4O. The molecule has 0 amide bonds. The minimum Gasteiger partial charge on any atom is -0.493 e. The first-order valence-electron chi connectivity index (χ1n) is 3.46. The number of hydrogen-bond acceptors (Lipinski definition) is 4. The van der Waals surface area contributed by atoms with Crippen molar-refractivity contribution >= 4 is 11.6 Å². The van der Waals surface area contributed by atoms with Gasteiger partial charge in [-0.15, -0.1) is 5.10 Å². The Hall–Kier alpha value is -1.78. The Morgan fingerprint density at radius 3 is 3.17 bits per heavy atom. The highest BCUT2D eigenvalue weighted by Crippen LogP contribution is 2.16. The van der Waals surface area contributed by atoms with E-state index in [0.717, 1.165) is 0 Å². The van der Waals surface area contributed by atoms with Gasteiger partial charge in [-0.05, 0) is 12.1 Å². The predicted molar refractivity (Wildman–Crippen MR) is 44.0 cm³/mol. The first-order valence-corrected chi connectivity index (χ1v) is 3.46. The lowest BCUT2D eigenvalue weighted by Crippen LogP contribution is -1.90. The van der Waals surface area contributed by atoms with Crippen molar-refractivity contribution in [1.29, 1.82) is 0 Å². The number of ether oxygens (including phenoxy) is 1. The molecule has 0 unspecified atom stereocenters. The van der Waals surface area contributed by atoms with Crippen LogP contribution in [0.4, 0.5) is 5.95 Å². The van der Waals surface area contributed by atoms with Crippen molar-refractivity contribution in [3.05, 3.63) is 18.3 Å². The number of nitrogens with zero attached hydrogens (tertiary/aromatic N) is 3. The number of methoxy groups -OCH3 is 1. The second-order valence-corrected chi connectivity index (χ2v) is 2.31. The smallest absolute Gasteiger partial charge is 0.240 e. The van der Waals surface area contributed by atoms with Crippen molar-refractivity contribution in [1.82, 2.24) is 14.6 Å². The van der Waals surface area contributed by atoms with Crippen LogP contribution in [0.3, 0.4) is 0 Å². The van der Waals surface area contributed by atoms with E-state index < -0.39 is 0 Å². The monoisotopic (exact) mass is 164 g/mol. The van der Waals surface area contributed by atoms with Crippen LogP contribution in [0, 0.1) is 0 Å². The van der Waals surface area contributed by atoms with Crippen LogP contribution in [0.2, 0.25) is 0 Å². The highest BCUT2D eigenvalue weighted by atomic mass is 16.5. The number of pyridine rings is 1. The third-order valence-electron chi connectivity index (χ3n) is 1.56. The molecule has 2 heterocycles. The van der Waals surface area contributed by atoms with Crippen molar-refractivity contribution in [2.45, 2.75) is 0 Å². The number of rotatable bonds is 1. The molecular weight excluding hydrogens is 156 g/mol. The lowest BCUT2D eigenvalue weighted by Gasteiger charge is -1.98. The summed E-state index contributed by atoms with van der Waals surface area (Å²) in [6.45, 7) is 0. The van der Waals surface area contributed by atoms with Crippen molar-refractivity contribution in [2.75, 3.05) is 12.8 Å². The quantitative estimate of drug-likeness (QED) is 0.659. The molecule has 0 aliphatic carbocycles. The molecule has 0 aromatic carbocycles. The molecule has 5 heteroatoms. The van der Waals surface area contributed by atoms with Crippen LogP contribution in [0.25, 0.3) is 5.65 Å². The maximum atomic E-state index is 5.42. The van der Waals surface area contributed by atoms with Crippen LogP contribution in [0.5, 0.6) is 5.75 Å². The van der Waals surface area contributed by atoms with Crippen LogP contribution >= 0.6 is 0 Å². The molecule has 2 N–H and O–H groups in total. The lowest BCUT2D eigenvalue weighted by molar-refractivity contribution is 0.416. The van der Waals surface area contributed by atoms with E-state index in [1.807, 2.05) is 12.1 Å². The number of nitrogen functional groups attached to an aromatic ring is 1. The Morgan fingerprint density at radius 2 is 2.42 bits per heavy atom. The van der Waals surface area contributed by atoms with Gasteiger partial charge in [0.25, 0.3) is 0 Å². The molecule has 2 rings (SSSR count). The van der Waals surface area contributed by atoms with Crippen LogP contribution in [-0.2, 0) is 0 Å². The van der Waals surface area contributed by atoms with E-state index in [1.165, 1.54) is 0 Å². The highest BCUT2D eigenvalue weighted by molar-refractivity contribution is 5.54. The Balaban J connectivity index is 2.78. The van der Waals surface area contributed by atoms with Gasteiger partial charge < -0.3 is 10.5 Å². The van der Waals surface area contributed by atoms with Crippen LogP contribution < -0.4 is 10.5 Å². The summed E-state index contributed by atoms with van der Waals surface area (Å²) in [5.74, 6) is 0.918. The summed E-state index contributed by atoms with van der Waals surface area (Å²) in [5, 5.41) is 3.93. The van der Waals surface area contributed by atoms with E-state index in [4.69, 9.17) is 10.5 Å². The first kappa shape index (κ1) is 6.90. The maximum Gasteiger partial charge on any atom is 0.240 e. The average Bonchev–Trinajstić information content (AvgIpc) is 2.44. The van der Waals surface area contributed by atoms with Crippen LogP contribution in [0.15, 0.2) is 18.3 Å². The van der Waals surface area contributed by atoms with E-state index in [2.05, 4.69) is 10.1 Å². The number of nitrogens with two attached hydrogens (primary N) is 1. The molecule has 0 radical (unpaired) electrons. The molecule has 12 heavy (non-hydrogen) atoms. The van der Waals surface area contributed by atoms with E-state index in [0.29, 0.717) is 11.4 Å². The molecule has 0 aliphatic rings. The van der Waals surface area contributed by atoms with E-state index in [1.54, 1.807) is 17.8 Å².